The Kier molecular flexibility index (Phi) is 6.42. The number of anilines is 2. The van der Waals surface area contributed by atoms with Crippen LogP contribution in [-0.2, 0) is 10.4 Å². The van der Waals surface area contributed by atoms with Gasteiger partial charge in [0.1, 0.15) is 5.60 Å². The van der Waals surface area contributed by atoms with Crippen molar-refractivity contribution in [3.8, 4) is 11.1 Å². The summed E-state index contributed by atoms with van der Waals surface area (Å²) in [5.74, 6) is -0.498. The van der Waals surface area contributed by atoms with E-state index in [1.165, 1.54) is 0 Å². The van der Waals surface area contributed by atoms with Crippen molar-refractivity contribution >= 4 is 17.6 Å². The molecule has 0 unspecified atom stereocenters. The van der Waals surface area contributed by atoms with Crippen molar-refractivity contribution in [2.24, 2.45) is 11.8 Å². The van der Waals surface area contributed by atoms with E-state index in [4.69, 9.17) is 0 Å². The molecular formula is C26H30N4O3. The quantitative estimate of drug-likeness (QED) is 0.489. The second kappa shape index (κ2) is 9.27. The minimum Gasteiger partial charge on any atom is -0.481 e. The zero-order valence-corrected chi connectivity index (χ0v) is 19.2. The van der Waals surface area contributed by atoms with E-state index in [0.717, 1.165) is 28.1 Å². The van der Waals surface area contributed by atoms with Gasteiger partial charge in [-0.05, 0) is 87.8 Å². The van der Waals surface area contributed by atoms with Gasteiger partial charge in [0.15, 0.2) is 0 Å². The van der Waals surface area contributed by atoms with Crippen LogP contribution in [0.25, 0.3) is 11.1 Å². The van der Waals surface area contributed by atoms with Crippen molar-refractivity contribution in [2.75, 3.05) is 5.32 Å². The molecule has 7 heteroatoms. The highest BCUT2D eigenvalue weighted by Gasteiger charge is 2.38. The zero-order valence-electron chi connectivity index (χ0n) is 19.2. The standard InChI is InChI=1S/C26H30N4O3/c1-16-12-20(14-22(13-16)30-25-27-11-10-17(2)29-25)19-6-9-23(28-15-19)26(3,33)21-7-4-18(5-8-21)24(31)32/h6,9-15,18,21,33H,4-5,7-8H2,1-3H3,(H,31,32)(H,27,29,30)/t18-,21-,26-/m0/s1. The van der Waals surface area contributed by atoms with Crippen LogP contribution in [0.5, 0.6) is 0 Å². The summed E-state index contributed by atoms with van der Waals surface area (Å²) in [6.45, 7) is 5.75. The fraction of sp³-hybridized carbons (Fsp3) is 0.385. The Labute approximate surface area is 194 Å². The minimum atomic E-state index is -1.09. The molecule has 1 fully saturated rings. The third-order valence-corrected chi connectivity index (χ3v) is 6.62. The molecule has 0 amide bonds. The third-order valence-electron chi connectivity index (χ3n) is 6.62. The molecule has 0 saturated heterocycles. The van der Waals surface area contributed by atoms with Gasteiger partial charge in [-0.2, -0.15) is 0 Å². The molecule has 1 aliphatic rings. The number of nitrogens with one attached hydrogen (secondary N) is 1. The smallest absolute Gasteiger partial charge is 0.306 e. The number of aliphatic carboxylic acids is 1. The van der Waals surface area contributed by atoms with Gasteiger partial charge in [-0.1, -0.05) is 12.1 Å². The van der Waals surface area contributed by atoms with Gasteiger partial charge in [-0.15, -0.1) is 0 Å². The summed E-state index contributed by atoms with van der Waals surface area (Å²) in [5.41, 5.74) is 4.35. The predicted molar refractivity (Wildman–Crippen MR) is 127 cm³/mol. The van der Waals surface area contributed by atoms with Gasteiger partial charge in [-0.3, -0.25) is 9.78 Å². The van der Waals surface area contributed by atoms with Crippen LogP contribution in [0.15, 0.2) is 48.8 Å². The van der Waals surface area contributed by atoms with Crippen molar-refractivity contribution in [1.29, 1.82) is 0 Å². The second-order valence-corrected chi connectivity index (χ2v) is 9.20. The highest BCUT2D eigenvalue weighted by molar-refractivity contribution is 5.71. The van der Waals surface area contributed by atoms with Crippen molar-refractivity contribution in [2.45, 2.75) is 52.1 Å². The monoisotopic (exact) mass is 446 g/mol. The highest BCUT2D eigenvalue weighted by atomic mass is 16.4. The van der Waals surface area contributed by atoms with Gasteiger partial charge in [0.2, 0.25) is 5.95 Å². The lowest BCUT2D eigenvalue weighted by Crippen LogP contribution is -2.36. The molecule has 4 rings (SSSR count). The average molecular weight is 447 g/mol. The number of pyridine rings is 1. The molecule has 1 aromatic carbocycles. The van der Waals surface area contributed by atoms with Crippen LogP contribution in [0.1, 0.15) is 49.6 Å². The number of nitrogens with zero attached hydrogens (tertiary/aromatic N) is 3. The van der Waals surface area contributed by atoms with Crippen LogP contribution in [0.3, 0.4) is 0 Å². The Bertz CT molecular complexity index is 1140. The second-order valence-electron chi connectivity index (χ2n) is 9.20. The molecule has 2 heterocycles. The highest BCUT2D eigenvalue weighted by Crippen LogP contribution is 2.40. The van der Waals surface area contributed by atoms with Gasteiger partial charge >= 0.3 is 5.97 Å². The molecule has 7 nitrogen and oxygen atoms in total. The zero-order chi connectivity index (χ0) is 23.6. The number of aryl methyl sites for hydroxylation is 2. The SMILES string of the molecule is Cc1cc(Nc2nccc(C)n2)cc(-c2ccc([C@@](C)(O)[C@H]3CC[C@H](C(=O)O)CC3)nc2)c1. The summed E-state index contributed by atoms with van der Waals surface area (Å²) in [7, 11) is 0. The van der Waals surface area contributed by atoms with Gasteiger partial charge in [-0.25, -0.2) is 9.97 Å². The van der Waals surface area contributed by atoms with Gasteiger partial charge < -0.3 is 15.5 Å². The van der Waals surface area contributed by atoms with Crippen LogP contribution >= 0.6 is 0 Å². The molecule has 0 bridgehead atoms. The number of carboxylic acids is 1. The number of hydrogen-bond donors (Lipinski definition) is 3. The summed E-state index contributed by atoms with van der Waals surface area (Å²) < 4.78 is 0. The Morgan fingerprint density at radius 2 is 1.79 bits per heavy atom. The molecule has 0 aliphatic heterocycles. The molecule has 0 radical (unpaired) electrons. The maximum Gasteiger partial charge on any atom is 0.306 e. The van der Waals surface area contributed by atoms with E-state index >= 15 is 0 Å². The van der Waals surface area contributed by atoms with Crippen molar-refractivity contribution in [3.63, 3.8) is 0 Å². The predicted octanol–water partition coefficient (Wildman–Crippen LogP) is 5.00. The maximum atomic E-state index is 11.2. The normalized spacial score (nSPS) is 20.1. The maximum absolute atomic E-state index is 11.2. The van der Waals surface area contributed by atoms with E-state index in [1.54, 1.807) is 19.3 Å². The Hall–Kier alpha value is -3.32. The van der Waals surface area contributed by atoms with Gasteiger partial charge in [0, 0.05) is 29.3 Å². The molecule has 0 spiro atoms. The Morgan fingerprint density at radius 1 is 1.03 bits per heavy atom. The lowest BCUT2D eigenvalue weighted by Gasteiger charge is -2.36. The average Bonchev–Trinajstić information content (AvgIpc) is 2.79. The van der Waals surface area contributed by atoms with E-state index in [0.29, 0.717) is 37.3 Å². The summed E-state index contributed by atoms with van der Waals surface area (Å²) >= 11 is 0. The fourth-order valence-electron chi connectivity index (χ4n) is 4.64. The van der Waals surface area contributed by atoms with Crippen LogP contribution in [-0.4, -0.2) is 31.1 Å². The molecule has 3 N–H and O–H groups in total. The largest absolute Gasteiger partial charge is 0.481 e. The first-order valence-electron chi connectivity index (χ1n) is 11.3. The summed E-state index contributed by atoms with van der Waals surface area (Å²) in [6, 6.07) is 11.9. The number of aromatic nitrogens is 3. The van der Waals surface area contributed by atoms with Crippen LogP contribution in [0.2, 0.25) is 0 Å². The lowest BCUT2D eigenvalue weighted by atomic mass is 9.73. The number of carboxylic acid groups (broad SMARTS) is 1. The van der Waals surface area contributed by atoms with Gasteiger partial charge in [0.05, 0.1) is 11.6 Å². The topological polar surface area (TPSA) is 108 Å². The number of rotatable bonds is 6. The first-order chi connectivity index (χ1) is 15.7. The molecule has 33 heavy (non-hydrogen) atoms. The minimum absolute atomic E-state index is 0.00412. The number of carbonyl (C=O) groups is 1. The molecule has 1 atom stereocenters. The molecule has 172 valence electrons. The third kappa shape index (κ3) is 5.20. The van der Waals surface area contributed by atoms with E-state index in [2.05, 4.69) is 26.3 Å². The lowest BCUT2D eigenvalue weighted by molar-refractivity contribution is -0.144. The number of hydrogen-bond acceptors (Lipinski definition) is 6. The molecular weight excluding hydrogens is 416 g/mol. The first-order valence-corrected chi connectivity index (χ1v) is 11.3. The fourth-order valence-corrected chi connectivity index (χ4v) is 4.64. The number of aliphatic hydroxyl groups is 1. The van der Waals surface area contributed by atoms with Crippen LogP contribution < -0.4 is 5.32 Å². The molecule has 1 aliphatic carbocycles. The molecule has 1 saturated carbocycles. The molecule has 3 aromatic rings. The van der Waals surface area contributed by atoms with Crippen molar-refractivity contribution in [1.82, 2.24) is 15.0 Å². The number of benzene rings is 1. The molecule has 2 aromatic heterocycles. The van der Waals surface area contributed by atoms with E-state index in [1.807, 2.05) is 44.2 Å². The van der Waals surface area contributed by atoms with Crippen LogP contribution in [0, 0.1) is 25.7 Å². The summed E-state index contributed by atoms with van der Waals surface area (Å²) in [4.78, 5) is 24.5. The van der Waals surface area contributed by atoms with E-state index < -0.39 is 11.6 Å². The van der Waals surface area contributed by atoms with Crippen LogP contribution in [0.4, 0.5) is 11.6 Å². The Balaban J connectivity index is 1.52. The Morgan fingerprint density at radius 3 is 2.42 bits per heavy atom. The van der Waals surface area contributed by atoms with E-state index in [-0.39, 0.29) is 11.8 Å². The summed E-state index contributed by atoms with van der Waals surface area (Å²) in [5, 5.41) is 23.7. The first kappa shape index (κ1) is 22.9. The summed E-state index contributed by atoms with van der Waals surface area (Å²) in [6.07, 6.45) is 6.07. The van der Waals surface area contributed by atoms with E-state index in [9.17, 15) is 15.0 Å². The van der Waals surface area contributed by atoms with Crippen molar-refractivity contribution in [3.05, 3.63) is 65.7 Å². The van der Waals surface area contributed by atoms with Gasteiger partial charge in [0.25, 0.3) is 0 Å². The van der Waals surface area contributed by atoms with Crippen molar-refractivity contribution < 1.29 is 15.0 Å².